The van der Waals surface area contributed by atoms with Gasteiger partial charge in [-0.25, -0.2) is 9.48 Å². The van der Waals surface area contributed by atoms with Gasteiger partial charge >= 0.3 is 11.9 Å². The van der Waals surface area contributed by atoms with Gasteiger partial charge in [-0.15, -0.1) is 5.10 Å². The number of H-pyrrole nitrogens is 1. The van der Waals surface area contributed by atoms with Gasteiger partial charge in [0.1, 0.15) is 0 Å². The van der Waals surface area contributed by atoms with E-state index in [1.807, 2.05) is 0 Å². The van der Waals surface area contributed by atoms with Gasteiger partial charge < -0.3 is 4.98 Å². The number of hydrogen-bond donors (Lipinski definition) is 1. The van der Waals surface area contributed by atoms with Gasteiger partial charge in [0.05, 0.1) is 23.0 Å². The molecule has 1 aliphatic rings. The maximum atomic E-state index is 12.9. The SMILES string of the molecule is O=c1[nH]c2ccc(C(F)(F)F)cc2c(=O)n1Cc1nnnn1CC1CC1. The van der Waals surface area contributed by atoms with Gasteiger partial charge in [-0.1, -0.05) is 0 Å². The lowest BCUT2D eigenvalue weighted by molar-refractivity contribution is -0.137. The highest BCUT2D eigenvalue weighted by Crippen LogP contribution is 2.31. The molecular weight excluding hydrogens is 353 g/mol. The number of alkyl halides is 3. The molecule has 2 heterocycles. The summed E-state index contributed by atoms with van der Waals surface area (Å²) >= 11 is 0. The van der Waals surface area contributed by atoms with E-state index >= 15 is 0 Å². The highest BCUT2D eigenvalue weighted by molar-refractivity contribution is 5.78. The zero-order valence-corrected chi connectivity index (χ0v) is 13.3. The molecule has 0 radical (unpaired) electrons. The predicted molar refractivity (Wildman–Crippen MR) is 83.5 cm³/mol. The normalized spacial score (nSPS) is 14.9. The van der Waals surface area contributed by atoms with E-state index in [4.69, 9.17) is 0 Å². The second kappa shape index (κ2) is 5.78. The maximum Gasteiger partial charge on any atom is 0.416 e. The lowest BCUT2D eigenvalue weighted by Crippen LogP contribution is -2.36. The van der Waals surface area contributed by atoms with Crippen LogP contribution in [0.5, 0.6) is 0 Å². The zero-order valence-electron chi connectivity index (χ0n) is 13.3. The summed E-state index contributed by atoms with van der Waals surface area (Å²) in [5.41, 5.74) is -2.47. The molecule has 1 aliphatic carbocycles. The number of halogens is 3. The second-order valence-corrected chi connectivity index (χ2v) is 6.30. The summed E-state index contributed by atoms with van der Waals surface area (Å²) < 4.78 is 41.0. The Morgan fingerprint density at radius 1 is 1.23 bits per heavy atom. The smallest absolute Gasteiger partial charge is 0.307 e. The van der Waals surface area contributed by atoms with Crippen LogP contribution in [0.1, 0.15) is 24.2 Å². The van der Waals surface area contributed by atoms with Crippen molar-refractivity contribution in [1.29, 1.82) is 0 Å². The molecular formula is C15H13F3N6O2. The van der Waals surface area contributed by atoms with Crippen molar-refractivity contribution in [2.75, 3.05) is 0 Å². The van der Waals surface area contributed by atoms with Crippen LogP contribution in [0.3, 0.4) is 0 Å². The quantitative estimate of drug-likeness (QED) is 0.747. The van der Waals surface area contributed by atoms with Gasteiger partial charge in [0, 0.05) is 6.54 Å². The summed E-state index contributed by atoms with van der Waals surface area (Å²) in [6, 6.07) is 2.62. The van der Waals surface area contributed by atoms with E-state index in [1.165, 1.54) is 4.68 Å². The summed E-state index contributed by atoms with van der Waals surface area (Å²) in [6.07, 6.45) is -2.46. The molecule has 1 fully saturated rings. The van der Waals surface area contributed by atoms with Crippen molar-refractivity contribution in [2.24, 2.45) is 5.92 Å². The van der Waals surface area contributed by atoms with Gasteiger partial charge in [-0.2, -0.15) is 13.2 Å². The minimum atomic E-state index is -4.59. The standard InChI is InChI=1S/C15H13F3N6O2/c16-15(17,18)9-3-4-11-10(5-9)13(25)23(14(26)19-11)7-12-20-21-22-24(12)6-8-1-2-8/h3-5,8H,1-2,6-7H2,(H,19,26). The Balaban J connectivity index is 1.78. The molecule has 4 rings (SSSR count). The zero-order chi connectivity index (χ0) is 18.5. The van der Waals surface area contributed by atoms with E-state index in [1.54, 1.807) is 0 Å². The van der Waals surface area contributed by atoms with Gasteiger partial charge in [-0.3, -0.25) is 9.36 Å². The third-order valence-electron chi connectivity index (χ3n) is 4.34. The van der Waals surface area contributed by atoms with Crippen molar-refractivity contribution in [3.8, 4) is 0 Å². The molecule has 2 aromatic heterocycles. The summed E-state index contributed by atoms with van der Waals surface area (Å²) in [5, 5.41) is 11.0. The molecule has 0 amide bonds. The fourth-order valence-electron chi connectivity index (χ4n) is 2.74. The molecule has 26 heavy (non-hydrogen) atoms. The molecule has 0 spiro atoms. The molecule has 0 saturated heterocycles. The van der Waals surface area contributed by atoms with Gasteiger partial charge in [0.25, 0.3) is 5.56 Å². The van der Waals surface area contributed by atoms with Crippen LogP contribution in [-0.4, -0.2) is 29.8 Å². The molecule has 0 atom stereocenters. The number of rotatable bonds is 4. The molecule has 0 aliphatic heterocycles. The highest BCUT2D eigenvalue weighted by Gasteiger charge is 2.31. The Hall–Kier alpha value is -2.98. The topological polar surface area (TPSA) is 98.5 Å². The van der Waals surface area contributed by atoms with E-state index in [9.17, 15) is 22.8 Å². The third-order valence-corrected chi connectivity index (χ3v) is 4.34. The predicted octanol–water partition coefficient (Wildman–Crippen LogP) is 1.15. The second-order valence-electron chi connectivity index (χ2n) is 6.30. The van der Waals surface area contributed by atoms with Crippen molar-refractivity contribution in [3.05, 3.63) is 50.4 Å². The van der Waals surface area contributed by atoms with Crippen molar-refractivity contribution < 1.29 is 13.2 Å². The molecule has 1 saturated carbocycles. The van der Waals surface area contributed by atoms with Gasteiger partial charge in [-0.05, 0) is 47.4 Å². The first kappa shape index (κ1) is 16.5. The first-order valence-electron chi connectivity index (χ1n) is 7.92. The fraction of sp³-hybridized carbons (Fsp3) is 0.400. The average Bonchev–Trinajstić information content (AvgIpc) is 3.28. The summed E-state index contributed by atoms with van der Waals surface area (Å²) in [7, 11) is 0. The molecule has 11 heteroatoms. The number of benzene rings is 1. The van der Waals surface area contributed by atoms with Crippen LogP contribution in [0, 0.1) is 5.92 Å². The molecule has 1 aromatic carbocycles. The van der Waals surface area contributed by atoms with E-state index < -0.39 is 23.0 Å². The molecule has 136 valence electrons. The van der Waals surface area contributed by atoms with Crippen LogP contribution in [0.25, 0.3) is 10.9 Å². The average molecular weight is 366 g/mol. The minimum absolute atomic E-state index is 0.0434. The number of aromatic nitrogens is 6. The van der Waals surface area contributed by atoms with E-state index in [-0.39, 0.29) is 17.4 Å². The Kier molecular flexibility index (Phi) is 3.67. The highest BCUT2D eigenvalue weighted by atomic mass is 19.4. The van der Waals surface area contributed by atoms with Crippen LogP contribution in [0.2, 0.25) is 0 Å². The Morgan fingerprint density at radius 3 is 2.69 bits per heavy atom. The van der Waals surface area contributed by atoms with E-state index in [2.05, 4.69) is 20.5 Å². The van der Waals surface area contributed by atoms with Crippen molar-refractivity contribution >= 4 is 10.9 Å². The van der Waals surface area contributed by atoms with E-state index in [0.29, 0.717) is 18.3 Å². The lowest BCUT2D eigenvalue weighted by Gasteiger charge is -2.09. The summed E-state index contributed by atoms with van der Waals surface area (Å²) in [5.74, 6) is 0.772. The largest absolute Gasteiger partial charge is 0.416 e. The van der Waals surface area contributed by atoms with Crippen LogP contribution in [-0.2, 0) is 19.3 Å². The molecule has 1 N–H and O–H groups in total. The van der Waals surface area contributed by atoms with Crippen molar-refractivity contribution in [2.45, 2.75) is 32.1 Å². The first-order valence-corrected chi connectivity index (χ1v) is 7.92. The van der Waals surface area contributed by atoms with Gasteiger partial charge in [0.2, 0.25) is 0 Å². The monoisotopic (exact) mass is 366 g/mol. The van der Waals surface area contributed by atoms with Crippen LogP contribution >= 0.6 is 0 Å². The maximum absolute atomic E-state index is 12.9. The molecule has 0 bridgehead atoms. The van der Waals surface area contributed by atoms with Crippen LogP contribution < -0.4 is 11.2 Å². The number of fused-ring (bicyclic) bond motifs is 1. The summed E-state index contributed by atoms with van der Waals surface area (Å²) in [4.78, 5) is 27.2. The lowest BCUT2D eigenvalue weighted by atomic mass is 10.1. The van der Waals surface area contributed by atoms with Crippen molar-refractivity contribution in [3.63, 3.8) is 0 Å². The number of aromatic amines is 1. The number of hydrogen-bond acceptors (Lipinski definition) is 5. The molecule has 0 unspecified atom stereocenters. The Bertz CT molecular complexity index is 1090. The van der Waals surface area contributed by atoms with Crippen molar-refractivity contribution in [1.82, 2.24) is 29.8 Å². The Morgan fingerprint density at radius 2 is 2.00 bits per heavy atom. The van der Waals surface area contributed by atoms with Crippen LogP contribution in [0.4, 0.5) is 13.2 Å². The fourth-order valence-corrected chi connectivity index (χ4v) is 2.74. The van der Waals surface area contributed by atoms with E-state index in [0.717, 1.165) is 35.6 Å². The summed E-state index contributed by atoms with van der Waals surface area (Å²) in [6.45, 7) is 0.362. The molecule has 3 aromatic rings. The third kappa shape index (κ3) is 3.00. The molecule has 8 nitrogen and oxygen atoms in total. The number of nitrogens with zero attached hydrogens (tertiary/aromatic N) is 5. The number of tetrazole rings is 1. The first-order chi connectivity index (χ1) is 12.3. The van der Waals surface area contributed by atoms with Crippen LogP contribution in [0.15, 0.2) is 27.8 Å². The Labute approximate surface area is 143 Å². The minimum Gasteiger partial charge on any atom is -0.307 e. The van der Waals surface area contributed by atoms with Gasteiger partial charge in [0.15, 0.2) is 5.82 Å². The number of nitrogens with one attached hydrogen (secondary N) is 1.